The van der Waals surface area contributed by atoms with Gasteiger partial charge in [-0.25, -0.2) is 17.9 Å². The lowest BCUT2D eigenvalue weighted by molar-refractivity contribution is -0.140. The largest absolute Gasteiger partial charge is 0.417 e. The highest BCUT2D eigenvalue weighted by Gasteiger charge is 2.38. The van der Waals surface area contributed by atoms with Crippen LogP contribution in [0, 0.1) is 5.82 Å². The summed E-state index contributed by atoms with van der Waals surface area (Å²) in [6, 6.07) is 1.19. The molecule has 1 rings (SSSR count). The molecule has 0 bridgehead atoms. The average molecular weight is 322 g/mol. The van der Waals surface area contributed by atoms with Gasteiger partial charge >= 0.3 is 6.18 Å². The third kappa shape index (κ3) is 2.53. The third-order valence-corrected chi connectivity index (χ3v) is 3.22. The minimum atomic E-state index is -5.00. The smallest absolute Gasteiger partial charge is 0.225 e. The summed E-state index contributed by atoms with van der Waals surface area (Å²) >= 11 is 2.58. The molecule has 16 heavy (non-hydrogen) atoms. The van der Waals surface area contributed by atoms with Gasteiger partial charge in [0.15, 0.2) is 5.82 Å². The third-order valence-electron chi connectivity index (χ3n) is 1.64. The SMILES string of the molecule is NS(=O)(=O)c1c(C(F)(F)F)ccc(Br)c1F. The van der Waals surface area contributed by atoms with Gasteiger partial charge < -0.3 is 0 Å². The number of rotatable bonds is 1. The van der Waals surface area contributed by atoms with E-state index in [1.54, 1.807) is 0 Å². The molecule has 0 atom stereocenters. The van der Waals surface area contributed by atoms with Gasteiger partial charge in [-0.05, 0) is 28.1 Å². The number of nitrogens with two attached hydrogens (primary N) is 1. The lowest BCUT2D eigenvalue weighted by Gasteiger charge is -2.12. The Morgan fingerprint density at radius 1 is 1.25 bits per heavy atom. The molecule has 2 N–H and O–H groups in total. The molecule has 0 aromatic heterocycles. The first-order chi connectivity index (χ1) is 7.05. The molecule has 0 saturated heterocycles. The van der Waals surface area contributed by atoms with Gasteiger partial charge in [0.2, 0.25) is 10.0 Å². The van der Waals surface area contributed by atoms with Gasteiger partial charge in [-0.1, -0.05) is 0 Å². The van der Waals surface area contributed by atoms with Crippen molar-refractivity contribution in [2.45, 2.75) is 11.1 Å². The summed E-state index contributed by atoms with van der Waals surface area (Å²) in [5, 5.41) is 4.54. The zero-order valence-electron chi connectivity index (χ0n) is 7.35. The Morgan fingerprint density at radius 2 is 1.75 bits per heavy atom. The highest BCUT2D eigenvalue weighted by molar-refractivity contribution is 9.10. The monoisotopic (exact) mass is 321 g/mol. The summed E-state index contributed by atoms with van der Waals surface area (Å²) in [5.74, 6) is -1.56. The van der Waals surface area contributed by atoms with E-state index in [0.717, 1.165) is 6.07 Å². The summed E-state index contributed by atoms with van der Waals surface area (Å²) in [7, 11) is -4.79. The van der Waals surface area contributed by atoms with E-state index in [1.807, 2.05) is 0 Å². The molecule has 0 saturated carbocycles. The van der Waals surface area contributed by atoms with Crippen LogP contribution in [0.2, 0.25) is 0 Å². The molecular formula is C7H4BrF4NO2S. The maximum atomic E-state index is 13.3. The number of sulfonamides is 1. The fourth-order valence-electron chi connectivity index (χ4n) is 1.03. The van der Waals surface area contributed by atoms with Crippen molar-refractivity contribution in [3.05, 3.63) is 28.0 Å². The molecule has 0 aliphatic heterocycles. The van der Waals surface area contributed by atoms with Crippen molar-refractivity contribution in [2.24, 2.45) is 5.14 Å². The van der Waals surface area contributed by atoms with E-state index < -0.39 is 36.9 Å². The second-order valence-electron chi connectivity index (χ2n) is 2.78. The number of alkyl halides is 3. The van der Waals surface area contributed by atoms with Gasteiger partial charge in [-0.2, -0.15) is 13.2 Å². The summed E-state index contributed by atoms with van der Waals surface area (Å²) in [4.78, 5) is -1.56. The number of primary sulfonamides is 1. The average Bonchev–Trinajstić information content (AvgIpc) is 2.05. The van der Waals surface area contributed by atoms with E-state index >= 15 is 0 Å². The lowest BCUT2D eigenvalue weighted by atomic mass is 10.2. The van der Waals surface area contributed by atoms with Crippen molar-refractivity contribution in [3.63, 3.8) is 0 Å². The van der Waals surface area contributed by atoms with E-state index in [9.17, 15) is 26.0 Å². The minimum absolute atomic E-state index is 0.412. The molecule has 0 heterocycles. The molecule has 3 nitrogen and oxygen atoms in total. The highest BCUT2D eigenvalue weighted by atomic mass is 79.9. The van der Waals surface area contributed by atoms with Crippen LogP contribution in [0.4, 0.5) is 17.6 Å². The predicted molar refractivity (Wildman–Crippen MR) is 50.5 cm³/mol. The Hall–Kier alpha value is -0.670. The zero-order valence-corrected chi connectivity index (χ0v) is 9.75. The molecule has 0 aliphatic carbocycles. The number of hydrogen-bond donors (Lipinski definition) is 1. The van der Waals surface area contributed by atoms with Crippen molar-refractivity contribution in [1.29, 1.82) is 0 Å². The fourth-order valence-corrected chi connectivity index (χ4v) is 2.35. The Bertz CT molecular complexity index is 526. The summed E-state index contributed by atoms with van der Waals surface area (Å²) < 4.78 is 71.8. The number of benzene rings is 1. The molecule has 1 aromatic rings. The van der Waals surface area contributed by atoms with Gasteiger partial charge in [0, 0.05) is 0 Å². The standard InChI is InChI=1S/C7H4BrF4NO2S/c8-4-2-1-3(7(10,11)12)6(5(4)9)16(13,14)15/h1-2H,(H2,13,14,15). The van der Waals surface area contributed by atoms with Crippen molar-refractivity contribution in [1.82, 2.24) is 0 Å². The maximum Gasteiger partial charge on any atom is 0.417 e. The molecule has 90 valence electrons. The van der Waals surface area contributed by atoms with E-state index in [-0.39, 0.29) is 0 Å². The van der Waals surface area contributed by atoms with Crippen molar-refractivity contribution < 1.29 is 26.0 Å². The predicted octanol–water partition coefficient (Wildman–Crippen LogP) is 2.25. The number of halogens is 5. The van der Waals surface area contributed by atoms with Crippen LogP contribution in [0.3, 0.4) is 0 Å². The highest BCUT2D eigenvalue weighted by Crippen LogP contribution is 2.36. The molecule has 0 fully saturated rings. The van der Waals surface area contributed by atoms with E-state index in [4.69, 9.17) is 0 Å². The Labute approximate surface area is 96.4 Å². The van der Waals surface area contributed by atoms with Gasteiger partial charge in [0.1, 0.15) is 4.90 Å². The molecule has 0 aliphatic rings. The van der Waals surface area contributed by atoms with Gasteiger partial charge in [0.25, 0.3) is 0 Å². The van der Waals surface area contributed by atoms with Crippen molar-refractivity contribution in [3.8, 4) is 0 Å². The second kappa shape index (κ2) is 3.97. The van der Waals surface area contributed by atoms with Crippen LogP contribution < -0.4 is 5.14 Å². The van der Waals surface area contributed by atoms with Crippen LogP contribution in [-0.4, -0.2) is 8.42 Å². The topological polar surface area (TPSA) is 60.2 Å². The van der Waals surface area contributed by atoms with Crippen LogP contribution in [0.5, 0.6) is 0 Å². The van der Waals surface area contributed by atoms with E-state index in [2.05, 4.69) is 21.1 Å². The summed E-state index contributed by atoms with van der Waals surface area (Å²) in [5.41, 5.74) is -1.63. The van der Waals surface area contributed by atoms with Crippen LogP contribution in [0.1, 0.15) is 5.56 Å². The molecule has 0 spiro atoms. The zero-order chi connectivity index (χ0) is 12.7. The van der Waals surface area contributed by atoms with Crippen LogP contribution >= 0.6 is 15.9 Å². The van der Waals surface area contributed by atoms with Crippen LogP contribution in [0.25, 0.3) is 0 Å². The van der Waals surface area contributed by atoms with Gasteiger partial charge in [-0.15, -0.1) is 0 Å². The Morgan fingerprint density at radius 3 is 2.12 bits per heavy atom. The van der Waals surface area contributed by atoms with E-state index in [0.29, 0.717) is 6.07 Å². The minimum Gasteiger partial charge on any atom is -0.225 e. The van der Waals surface area contributed by atoms with Gasteiger partial charge in [-0.3, -0.25) is 0 Å². The van der Waals surface area contributed by atoms with Crippen molar-refractivity contribution in [2.75, 3.05) is 0 Å². The van der Waals surface area contributed by atoms with E-state index in [1.165, 1.54) is 0 Å². The van der Waals surface area contributed by atoms with Crippen LogP contribution in [-0.2, 0) is 16.2 Å². The lowest BCUT2D eigenvalue weighted by Crippen LogP contribution is -2.21. The van der Waals surface area contributed by atoms with Crippen molar-refractivity contribution >= 4 is 26.0 Å². The maximum absolute atomic E-state index is 13.3. The molecule has 1 aromatic carbocycles. The quantitative estimate of drug-likeness (QED) is 0.806. The van der Waals surface area contributed by atoms with Crippen LogP contribution in [0.15, 0.2) is 21.5 Å². The Balaban J connectivity index is 3.73. The van der Waals surface area contributed by atoms with Gasteiger partial charge in [0.05, 0.1) is 10.0 Å². The Kier molecular flexibility index (Phi) is 3.32. The molecular weight excluding hydrogens is 318 g/mol. The normalized spacial score (nSPS) is 12.9. The summed E-state index contributed by atoms with van der Waals surface area (Å²) in [6.07, 6.45) is -5.00. The molecule has 9 heteroatoms. The summed E-state index contributed by atoms with van der Waals surface area (Å²) in [6.45, 7) is 0. The first kappa shape index (κ1) is 13.4. The molecule has 0 radical (unpaired) electrons. The second-order valence-corrected chi connectivity index (χ2v) is 5.13. The molecule has 0 unspecified atom stereocenters. The first-order valence-electron chi connectivity index (χ1n) is 3.63. The fraction of sp³-hybridized carbons (Fsp3) is 0.143. The first-order valence-corrected chi connectivity index (χ1v) is 5.97. The molecule has 0 amide bonds. The number of hydrogen-bond acceptors (Lipinski definition) is 2.